The number of nitrogens with zero attached hydrogens (tertiary/aromatic N) is 6. The number of hydrogen-bond acceptors (Lipinski definition) is 6. The molecule has 0 amide bonds. The fourth-order valence-electron chi connectivity index (χ4n) is 3.95. The lowest BCUT2D eigenvalue weighted by atomic mass is 10.0. The van der Waals surface area contributed by atoms with Gasteiger partial charge in [-0.1, -0.05) is 23.7 Å². The van der Waals surface area contributed by atoms with Gasteiger partial charge in [-0.25, -0.2) is 4.68 Å². The summed E-state index contributed by atoms with van der Waals surface area (Å²) in [5, 5.41) is 13.3. The lowest BCUT2D eigenvalue weighted by Gasteiger charge is -2.40. The molecule has 1 atom stereocenters. The molecular formula is C22H27ClN6O. The number of halogens is 1. The van der Waals surface area contributed by atoms with Gasteiger partial charge in [0.05, 0.1) is 19.2 Å². The van der Waals surface area contributed by atoms with E-state index in [0.717, 1.165) is 48.3 Å². The molecule has 3 aromatic rings. The van der Waals surface area contributed by atoms with Gasteiger partial charge >= 0.3 is 0 Å². The molecule has 0 unspecified atom stereocenters. The second-order valence-corrected chi connectivity index (χ2v) is 8.19. The van der Waals surface area contributed by atoms with Gasteiger partial charge in [0, 0.05) is 36.9 Å². The van der Waals surface area contributed by atoms with Gasteiger partial charge in [0.15, 0.2) is 5.82 Å². The summed E-state index contributed by atoms with van der Waals surface area (Å²) >= 11 is 6.14. The van der Waals surface area contributed by atoms with E-state index < -0.39 is 0 Å². The van der Waals surface area contributed by atoms with Crippen LogP contribution in [-0.4, -0.2) is 58.4 Å². The van der Waals surface area contributed by atoms with Crippen LogP contribution in [0.1, 0.15) is 37.3 Å². The highest BCUT2D eigenvalue weighted by Gasteiger charge is 2.31. The quantitative estimate of drug-likeness (QED) is 0.597. The minimum absolute atomic E-state index is 0.0160. The SMILES string of the molecule is COc1ccc(N2CCN([C@H](c3ccc(Cl)cc3)c3nnnn3C(C)C)CC2)cc1. The predicted molar refractivity (Wildman–Crippen MR) is 118 cm³/mol. The summed E-state index contributed by atoms with van der Waals surface area (Å²) in [4.78, 5) is 4.86. The molecule has 2 heterocycles. The van der Waals surface area contributed by atoms with Gasteiger partial charge in [-0.3, -0.25) is 4.90 Å². The second kappa shape index (κ2) is 9.02. The van der Waals surface area contributed by atoms with Gasteiger partial charge in [-0.2, -0.15) is 0 Å². The Morgan fingerprint density at radius 1 is 0.933 bits per heavy atom. The van der Waals surface area contributed by atoms with Crippen LogP contribution in [0.15, 0.2) is 48.5 Å². The minimum Gasteiger partial charge on any atom is -0.497 e. The van der Waals surface area contributed by atoms with Gasteiger partial charge in [0.1, 0.15) is 5.75 Å². The smallest absolute Gasteiger partial charge is 0.173 e. The highest BCUT2D eigenvalue weighted by atomic mass is 35.5. The highest BCUT2D eigenvalue weighted by Crippen LogP contribution is 2.31. The first-order chi connectivity index (χ1) is 14.6. The second-order valence-electron chi connectivity index (χ2n) is 7.75. The molecule has 1 fully saturated rings. The van der Waals surface area contributed by atoms with Crippen LogP contribution in [0.3, 0.4) is 0 Å². The van der Waals surface area contributed by atoms with Crippen molar-refractivity contribution in [2.75, 3.05) is 38.2 Å². The van der Waals surface area contributed by atoms with Gasteiger partial charge in [-0.15, -0.1) is 5.10 Å². The Balaban J connectivity index is 1.57. The fourth-order valence-corrected chi connectivity index (χ4v) is 4.07. The van der Waals surface area contributed by atoms with Crippen LogP contribution in [0.4, 0.5) is 5.69 Å². The van der Waals surface area contributed by atoms with Crippen molar-refractivity contribution in [2.45, 2.75) is 25.9 Å². The molecule has 4 rings (SSSR count). The third-order valence-corrected chi connectivity index (χ3v) is 5.81. The van der Waals surface area contributed by atoms with Gasteiger partial charge < -0.3 is 9.64 Å². The molecule has 0 radical (unpaired) electrons. The van der Waals surface area contributed by atoms with E-state index in [1.807, 2.05) is 28.9 Å². The average Bonchev–Trinajstić information content (AvgIpc) is 3.26. The van der Waals surface area contributed by atoms with E-state index in [-0.39, 0.29) is 12.1 Å². The number of hydrogen-bond donors (Lipinski definition) is 0. The molecule has 0 N–H and O–H groups in total. The maximum atomic E-state index is 6.14. The third kappa shape index (κ3) is 4.27. The first-order valence-corrected chi connectivity index (χ1v) is 10.6. The number of rotatable bonds is 6. The van der Waals surface area contributed by atoms with Crippen molar-refractivity contribution in [2.24, 2.45) is 0 Å². The Bertz CT molecular complexity index is 949. The standard InChI is InChI=1S/C22H27ClN6O/c1-16(2)29-22(24-25-26-29)21(17-4-6-18(23)7-5-17)28-14-12-27(13-15-28)19-8-10-20(30-3)11-9-19/h4-11,16,21H,12-15H2,1-3H3/t21-/m1/s1. The zero-order valence-electron chi connectivity index (χ0n) is 17.6. The number of piperazine rings is 1. The lowest BCUT2D eigenvalue weighted by molar-refractivity contribution is 0.199. The van der Waals surface area contributed by atoms with Crippen molar-refractivity contribution in [3.8, 4) is 5.75 Å². The monoisotopic (exact) mass is 426 g/mol. The zero-order valence-corrected chi connectivity index (χ0v) is 18.3. The van der Waals surface area contributed by atoms with Crippen molar-refractivity contribution in [1.29, 1.82) is 0 Å². The first-order valence-electron chi connectivity index (χ1n) is 10.2. The van der Waals surface area contributed by atoms with Crippen molar-refractivity contribution in [1.82, 2.24) is 25.1 Å². The minimum atomic E-state index is -0.0160. The van der Waals surface area contributed by atoms with Crippen LogP contribution < -0.4 is 9.64 Å². The Morgan fingerprint density at radius 3 is 2.20 bits per heavy atom. The Morgan fingerprint density at radius 2 is 1.60 bits per heavy atom. The average molecular weight is 427 g/mol. The van der Waals surface area contributed by atoms with E-state index in [1.54, 1.807) is 7.11 Å². The Kier molecular flexibility index (Phi) is 6.20. The topological polar surface area (TPSA) is 59.3 Å². The van der Waals surface area contributed by atoms with E-state index in [2.05, 4.69) is 63.4 Å². The summed E-state index contributed by atoms with van der Waals surface area (Å²) in [5.74, 6) is 1.74. The molecule has 0 aliphatic carbocycles. The number of ether oxygens (including phenoxy) is 1. The summed E-state index contributed by atoms with van der Waals surface area (Å²) in [6.07, 6.45) is 0. The molecule has 0 spiro atoms. The number of methoxy groups -OCH3 is 1. The first kappa shape index (κ1) is 20.6. The van der Waals surface area contributed by atoms with E-state index >= 15 is 0 Å². The lowest BCUT2D eigenvalue weighted by Crippen LogP contribution is -2.48. The molecule has 158 valence electrons. The Labute approximate surface area is 182 Å². The molecule has 0 bridgehead atoms. The number of tetrazole rings is 1. The zero-order chi connectivity index (χ0) is 21.1. The van der Waals surface area contributed by atoms with Crippen molar-refractivity contribution >= 4 is 17.3 Å². The van der Waals surface area contributed by atoms with Crippen LogP contribution in [0.2, 0.25) is 5.02 Å². The third-order valence-electron chi connectivity index (χ3n) is 5.55. The fraction of sp³-hybridized carbons (Fsp3) is 0.409. The van der Waals surface area contributed by atoms with Crippen LogP contribution in [0.5, 0.6) is 5.75 Å². The van der Waals surface area contributed by atoms with Gasteiger partial charge in [-0.05, 0) is 66.2 Å². The molecule has 0 saturated carbocycles. The van der Waals surface area contributed by atoms with Crippen LogP contribution in [-0.2, 0) is 0 Å². The van der Waals surface area contributed by atoms with E-state index in [1.165, 1.54) is 5.69 Å². The predicted octanol–water partition coefficient (Wildman–Crippen LogP) is 3.83. The summed E-state index contributed by atoms with van der Waals surface area (Å²) in [6.45, 7) is 7.87. The Hall–Kier alpha value is -2.64. The molecule has 1 aliphatic heterocycles. The van der Waals surface area contributed by atoms with Gasteiger partial charge in [0.2, 0.25) is 0 Å². The molecule has 1 saturated heterocycles. The number of aromatic nitrogens is 4. The largest absolute Gasteiger partial charge is 0.497 e. The molecule has 8 heteroatoms. The van der Waals surface area contributed by atoms with Crippen LogP contribution in [0.25, 0.3) is 0 Å². The van der Waals surface area contributed by atoms with E-state index in [0.29, 0.717) is 0 Å². The summed E-state index contributed by atoms with van der Waals surface area (Å²) in [5.41, 5.74) is 2.36. The molecule has 2 aromatic carbocycles. The maximum Gasteiger partial charge on any atom is 0.173 e. The maximum absolute atomic E-state index is 6.14. The normalized spacial score (nSPS) is 16.1. The van der Waals surface area contributed by atoms with Crippen molar-refractivity contribution in [3.63, 3.8) is 0 Å². The molecular weight excluding hydrogens is 400 g/mol. The van der Waals surface area contributed by atoms with E-state index in [9.17, 15) is 0 Å². The molecule has 1 aliphatic rings. The van der Waals surface area contributed by atoms with Crippen molar-refractivity contribution < 1.29 is 4.74 Å². The van der Waals surface area contributed by atoms with Crippen LogP contribution in [0, 0.1) is 0 Å². The van der Waals surface area contributed by atoms with Crippen molar-refractivity contribution in [3.05, 3.63) is 64.9 Å². The summed E-state index contributed by atoms with van der Waals surface area (Å²) in [7, 11) is 1.69. The number of benzene rings is 2. The van der Waals surface area contributed by atoms with Crippen LogP contribution >= 0.6 is 11.6 Å². The summed E-state index contributed by atoms with van der Waals surface area (Å²) < 4.78 is 7.19. The highest BCUT2D eigenvalue weighted by molar-refractivity contribution is 6.30. The molecule has 1 aromatic heterocycles. The summed E-state index contributed by atoms with van der Waals surface area (Å²) in [6, 6.07) is 16.4. The number of anilines is 1. The van der Waals surface area contributed by atoms with E-state index in [4.69, 9.17) is 16.3 Å². The molecule has 30 heavy (non-hydrogen) atoms. The molecule has 7 nitrogen and oxygen atoms in total. The van der Waals surface area contributed by atoms with Gasteiger partial charge in [0.25, 0.3) is 0 Å².